The lowest BCUT2D eigenvalue weighted by atomic mass is 9.54. The summed E-state index contributed by atoms with van der Waals surface area (Å²) in [5.74, 6) is 0.325. The topological polar surface area (TPSA) is 49.3 Å². The van der Waals surface area contributed by atoms with E-state index < -0.39 is 5.41 Å². The van der Waals surface area contributed by atoms with Crippen molar-refractivity contribution in [2.75, 3.05) is 6.61 Å². The summed E-state index contributed by atoms with van der Waals surface area (Å²) < 4.78 is 0. The van der Waals surface area contributed by atoms with Crippen LogP contribution in [0.2, 0.25) is 15.1 Å². The third-order valence-electron chi connectivity index (χ3n) is 6.88. The van der Waals surface area contributed by atoms with Crippen LogP contribution >= 0.6 is 34.8 Å². The Labute approximate surface area is 186 Å². The normalized spacial score (nSPS) is 31.4. The standard InChI is InChI=1S/C23H24Cl3NO2/c1-13-21-20(14-2-4-15(24)5-3-14)18(17-7-6-16(25)12-19(17)26)8-9-23(21,10-11-28)22(29)27-13/h2-7,12-13,18,20-21,28H,8-11H2,1H3,(H,27,29)/t13-,18+,20+,21+,23+/m1/s1. The van der Waals surface area contributed by atoms with E-state index in [4.69, 9.17) is 34.8 Å². The molecule has 0 aromatic heterocycles. The Hall–Kier alpha value is -1.26. The molecule has 154 valence electrons. The van der Waals surface area contributed by atoms with E-state index in [9.17, 15) is 9.90 Å². The van der Waals surface area contributed by atoms with Gasteiger partial charge in [-0.05, 0) is 73.4 Å². The van der Waals surface area contributed by atoms with Gasteiger partial charge in [0.2, 0.25) is 5.91 Å². The first-order valence-corrected chi connectivity index (χ1v) is 11.1. The Morgan fingerprint density at radius 2 is 1.79 bits per heavy atom. The number of benzene rings is 2. The highest BCUT2D eigenvalue weighted by atomic mass is 35.5. The van der Waals surface area contributed by atoms with Gasteiger partial charge in [-0.2, -0.15) is 0 Å². The summed E-state index contributed by atoms with van der Waals surface area (Å²) in [6.45, 7) is 2.06. The largest absolute Gasteiger partial charge is 0.396 e. The van der Waals surface area contributed by atoms with Crippen molar-refractivity contribution >= 4 is 40.7 Å². The third-order valence-corrected chi connectivity index (χ3v) is 7.70. The molecule has 4 rings (SSSR count). The van der Waals surface area contributed by atoms with Crippen LogP contribution < -0.4 is 5.32 Å². The van der Waals surface area contributed by atoms with Crippen molar-refractivity contribution in [2.45, 2.75) is 44.1 Å². The Kier molecular flexibility index (Phi) is 5.87. The van der Waals surface area contributed by atoms with Crippen LogP contribution in [0.3, 0.4) is 0 Å². The average molecular weight is 453 g/mol. The van der Waals surface area contributed by atoms with E-state index in [0.717, 1.165) is 24.0 Å². The fraction of sp³-hybridized carbons (Fsp3) is 0.435. The number of aliphatic hydroxyl groups is 1. The molecular weight excluding hydrogens is 429 g/mol. The molecule has 5 atom stereocenters. The lowest BCUT2D eigenvalue weighted by Crippen LogP contribution is -2.44. The van der Waals surface area contributed by atoms with Gasteiger partial charge in [-0.25, -0.2) is 0 Å². The lowest BCUT2D eigenvalue weighted by Gasteiger charge is -2.47. The molecule has 1 saturated heterocycles. The van der Waals surface area contributed by atoms with Crippen LogP contribution in [0.25, 0.3) is 0 Å². The summed E-state index contributed by atoms with van der Waals surface area (Å²) in [4.78, 5) is 13.0. The van der Waals surface area contributed by atoms with E-state index in [0.29, 0.717) is 21.5 Å². The summed E-state index contributed by atoms with van der Waals surface area (Å²) in [5.41, 5.74) is 1.63. The van der Waals surface area contributed by atoms with Crippen molar-refractivity contribution in [3.8, 4) is 0 Å². The zero-order valence-corrected chi connectivity index (χ0v) is 18.4. The maximum Gasteiger partial charge on any atom is 0.226 e. The van der Waals surface area contributed by atoms with Crippen molar-refractivity contribution in [1.29, 1.82) is 0 Å². The summed E-state index contributed by atoms with van der Waals surface area (Å²) in [7, 11) is 0. The highest BCUT2D eigenvalue weighted by Crippen LogP contribution is 2.60. The smallest absolute Gasteiger partial charge is 0.226 e. The quantitative estimate of drug-likeness (QED) is 0.615. The van der Waals surface area contributed by atoms with Gasteiger partial charge >= 0.3 is 0 Å². The van der Waals surface area contributed by atoms with Crippen LogP contribution in [-0.4, -0.2) is 23.7 Å². The summed E-state index contributed by atoms with van der Waals surface area (Å²) in [5, 5.41) is 14.9. The van der Waals surface area contributed by atoms with E-state index in [-0.39, 0.29) is 36.3 Å². The third kappa shape index (κ3) is 3.57. The Balaban J connectivity index is 1.86. The predicted molar refractivity (Wildman–Crippen MR) is 118 cm³/mol. The fourth-order valence-corrected chi connectivity index (χ4v) is 6.40. The molecule has 0 unspecified atom stereocenters. The minimum absolute atomic E-state index is 0.00334. The van der Waals surface area contributed by atoms with E-state index in [1.54, 1.807) is 6.07 Å². The van der Waals surface area contributed by atoms with Crippen LogP contribution in [-0.2, 0) is 4.79 Å². The maximum atomic E-state index is 13.0. The van der Waals surface area contributed by atoms with Crippen LogP contribution in [0, 0.1) is 11.3 Å². The molecule has 1 saturated carbocycles. The summed E-state index contributed by atoms with van der Waals surface area (Å²) >= 11 is 18.9. The maximum absolute atomic E-state index is 13.0. The zero-order chi connectivity index (χ0) is 20.8. The number of nitrogens with one attached hydrogen (secondary N) is 1. The predicted octanol–water partition coefficient (Wildman–Crippen LogP) is 5.81. The van der Waals surface area contributed by atoms with Crippen LogP contribution in [0.15, 0.2) is 42.5 Å². The Morgan fingerprint density at radius 3 is 2.45 bits per heavy atom. The number of halogens is 3. The molecule has 2 aromatic carbocycles. The molecule has 1 aliphatic heterocycles. The average Bonchev–Trinajstić information content (AvgIpc) is 2.93. The van der Waals surface area contributed by atoms with Gasteiger partial charge in [0.05, 0.1) is 5.41 Å². The van der Waals surface area contributed by atoms with Crippen molar-refractivity contribution < 1.29 is 9.90 Å². The van der Waals surface area contributed by atoms with Gasteiger partial charge in [-0.3, -0.25) is 4.79 Å². The van der Waals surface area contributed by atoms with E-state index in [2.05, 4.69) is 12.2 Å². The molecular formula is C23H24Cl3NO2. The fourth-order valence-electron chi connectivity index (χ4n) is 5.73. The first kappa shape index (κ1) is 21.0. The second-order valence-electron chi connectivity index (χ2n) is 8.31. The number of hydrogen-bond acceptors (Lipinski definition) is 2. The van der Waals surface area contributed by atoms with Crippen LogP contribution in [0.4, 0.5) is 0 Å². The van der Waals surface area contributed by atoms with Gasteiger partial charge in [-0.1, -0.05) is 53.0 Å². The number of amides is 1. The Bertz CT molecular complexity index is 917. The van der Waals surface area contributed by atoms with Crippen molar-refractivity contribution in [1.82, 2.24) is 5.32 Å². The highest BCUT2D eigenvalue weighted by molar-refractivity contribution is 6.35. The molecule has 1 heterocycles. The molecule has 0 spiro atoms. The van der Waals surface area contributed by atoms with E-state index in [1.807, 2.05) is 36.4 Å². The molecule has 0 radical (unpaired) electrons. The number of fused-ring (bicyclic) bond motifs is 1. The second kappa shape index (κ2) is 8.11. The first-order valence-electron chi connectivity index (χ1n) is 9.99. The molecule has 1 aliphatic carbocycles. The van der Waals surface area contributed by atoms with Crippen LogP contribution in [0.5, 0.6) is 0 Å². The van der Waals surface area contributed by atoms with Crippen molar-refractivity contribution in [3.05, 3.63) is 68.7 Å². The number of carbonyl (C=O) groups excluding carboxylic acids is 1. The highest BCUT2D eigenvalue weighted by Gasteiger charge is 2.59. The molecule has 2 aromatic rings. The van der Waals surface area contributed by atoms with Gasteiger partial charge in [0.1, 0.15) is 0 Å². The monoisotopic (exact) mass is 451 g/mol. The number of aliphatic hydroxyl groups excluding tert-OH is 1. The van der Waals surface area contributed by atoms with Crippen LogP contribution in [0.1, 0.15) is 49.1 Å². The van der Waals surface area contributed by atoms with Gasteiger partial charge in [-0.15, -0.1) is 0 Å². The number of carbonyl (C=O) groups is 1. The van der Waals surface area contributed by atoms with Crippen molar-refractivity contribution in [3.63, 3.8) is 0 Å². The summed E-state index contributed by atoms with van der Waals surface area (Å²) in [6, 6.07) is 13.6. The number of rotatable bonds is 4. The van der Waals surface area contributed by atoms with Gasteiger partial charge < -0.3 is 10.4 Å². The molecule has 1 amide bonds. The molecule has 2 aliphatic rings. The Morgan fingerprint density at radius 1 is 1.10 bits per heavy atom. The SMILES string of the molecule is C[C@H]1NC(=O)[C@]2(CCO)CC[C@@H](c3ccc(Cl)cc3Cl)[C@H](c3ccc(Cl)cc3)[C@H]12. The van der Waals surface area contributed by atoms with E-state index >= 15 is 0 Å². The zero-order valence-electron chi connectivity index (χ0n) is 16.2. The molecule has 29 heavy (non-hydrogen) atoms. The minimum Gasteiger partial charge on any atom is -0.396 e. The van der Waals surface area contributed by atoms with Crippen molar-refractivity contribution in [2.24, 2.45) is 11.3 Å². The van der Waals surface area contributed by atoms with Gasteiger partial charge in [0, 0.05) is 33.6 Å². The molecule has 3 nitrogen and oxygen atoms in total. The summed E-state index contributed by atoms with van der Waals surface area (Å²) in [6.07, 6.45) is 2.01. The van der Waals surface area contributed by atoms with Gasteiger partial charge in [0.15, 0.2) is 0 Å². The van der Waals surface area contributed by atoms with E-state index in [1.165, 1.54) is 0 Å². The molecule has 0 bridgehead atoms. The first-order chi connectivity index (χ1) is 13.9. The minimum atomic E-state index is -0.562. The molecule has 6 heteroatoms. The van der Waals surface area contributed by atoms with Gasteiger partial charge in [0.25, 0.3) is 0 Å². The number of hydrogen-bond donors (Lipinski definition) is 2. The molecule has 2 fully saturated rings. The molecule has 2 N–H and O–H groups in total. The second-order valence-corrected chi connectivity index (χ2v) is 9.59. The lowest BCUT2D eigenvalue weighted by molar-refractivity contribution is -0.132.